The first kappa shape index (κ1) is 16.4. The van der Waals surface area contributed by atoms with Gasteiger partial charge in [-0.15, -0.1) is 0 Å². The Morgan fingerprint density at radius 2 is 2.04 bits per heavy atom. The summed E-state index contributed by atoms with van der Waals surface area (Å²) >= 11 is 0. The van der Waals surface area contributed by atoms with Gasteiger partial charge in [-0.2, -0.15) is 0 Å². The summed E-state index contributed by atoms with van der Waals surface area (Å²) < 4.78 is 4.79. The zero-order chi connectivity index (χ0) is 17.1. The van der Waals surface area contributed by atoms with Gasteiger partial charge in [-0.05, 0) is 19.4 Å². The maximum Gasteiger partial charge on any atom is 0.336 e. The highest BCUT2D eigenvalue weighted by Crippen LogP contribution is 2.38. The van der Waals surface area contributed by atoms with Crippen molar-refractivity contribution in [3.05, 3.63) is 62.5 Å². The fraction of sp³-hybridized carbons (Fsp3) is 0.250. The second kappa shape index (κ2) is 6.43. The monoisotopic (exact) mass is 315 g/mol. The number of benzene rings is 1. The lowest BCUT2D eigenvalue weighted by molar-refractivity contribution is -0.384. The minimum absolute atomic E-state index is 0.120. The summed E-state index contributed by atoms with van der Waals surface area (Å²) in [5, 5.41) is 13.9. The molecular weight excluding hydrogens is 300 g/mol. The maximum absolute atomic E-state index is 12.1. The Morgan fingerprint density at radius 1 is 1.35 bits per heavy atom. The standard InChI is InChI=1S/C16H15N2O5/c1-9-13(8-19)15(14(10(2)17-9)16(20)23-3)11-5-4-6-12(7-11)18(21)22/h4-7,15,17H,1-3H3. The van der Waals surface area contributed by atoms with Crippen LogP contribution in [0.2, 0.25) is 0 Å². The molecule has 2 rings (SSSR count). The fourth-order valence-corrected chi connectivity index (χ4v) is 2.66. The molecular formula is C16H15N2O5. The normalized spacial score (nSPS) is 17.6. The van der Waals surface area contributed by atoms with Crippen molar-refractivity contribution in [2.45, 2.75) is 19.8 Å². The number of carbonyl (C=O) groups excluding carboxylic acids is 2. The third-order valence-electron chi connectivity index (χ3n) is 3.69. The first-order valence-corrected chi connectivity index (χ1v) is 6.80. The molecule has 0 saturated heterocycles. The summed E-state index contributed by atoms with van der Waals surface area (Å²) in [6.45, 7) is 3.36. The number of non-ortho nitro benzene ring substituents is 1. The van der Waals surface area contributed by atoms with E-state index in [9.17, 15) is 19.7 Å². The molecule has 1 aromatic carbocycles. The molecule has 119 valence electrons. The molecule has 1 N–H and O–H groups in total. The molecule has 0 spiro atoms. The number of ether oxygens (including phenoxy) is 1. The van der Waals surface area contributed by atoms with Crippen molar-refractivity contribution in [1.29, 1.82) is 0 Å². The van der Waals surface area contributed by atoms with Crippen LogP contribution in [0.25, 0.3) is 0 Å². The van der Waals surface area contributed by atoms with Gasteiger partial charge in [-0.1, -0.05) is 12.1 Å². The Bertz CT molecular complexity index is 749. The van der Waals surface area contributed by atoms with Gasteiger partial charge >= 0.3 is 5.97 Å². The smallest absolute Gasteiger partial charge is 0.336 e. The summed E-state index contributed by atoms with van der Waals surface area (Å²) in [7, 11) is 1.24. The van der Waals surface area contributed by atoms with Crippen LogP contribution < -0.4 is 5.32 Å². The van der Waals surface area contributed by atoms with Crippen LogP contribution in [0.1, 0.15) is 25.3 Å². The molecule has 1 heterocycles. The molecule has 7 heteroatoms. The van der Waals surface area contributed by atoms with E-state index in [0.29, 0.717) is 17.0 Å². The van der Waals surface area contributed by atoms with E-state index in [1.807, 2.05) is 6.29 Å². The third-order valence-corrected chi connectivity index (χ3v) is 3.69. The number of nitro groups is 1. The van der Waals surface area contributed by atoms with Gasteiger partial charge in [0.25, 0.3) is 5.69 Å². The van der Waals surface area contributed by atoms with Crippen molar-refractivity contribution in [3.8, 4) is 0 Å². The van der Waals surface area contributed by atoms with Crippen LogP contribution in [0.3, 0.4) is 0 Å². The van der Waals surface area contributed by atoms with Gasteiger partial charge < -0.3 is 10.1 Å². The van der Waals surface area contributed by atoms with Gasteiger partial charge in [-0.3, -0.25) is 14.9 Å². The van der Waals surface area contributed by atoms with Crippen LogP contribution in [0.15, 0.2) is 46.8 Å². The molecule has 1 radical (unpaired) electrons. The van der Waals surface area contributed by atoms with Gasteiger partial charge in [0.1, 0.15) is 0 Å². The van der Waals surface area contributed by atoms with Gasteiger partial charge in [0, 0.05) is 35.0 Å². The Balaban J connectivity index is 2.67. The number of hydrogen-bond acceptors (Lipinski definition) is 6. The van der Waals surface area contributed by atoms with E-state index in [0.717, 1.165) is 0 Å². The number of carbonyl (C=O) groups is 1. The molecule has 1 atom stereocenters. The summed E-state index contributed by atoms with van der Waals surface area (Å²) in [6.07, 6.45) is 1.84. The second-order valence-corrected chi connectivity index (χ2v) is 5.08. The van der Waals surface area contributed by atoms with Crippen LogP contribution >= 0.6 is 0 Å². The lowest BCUT2D eigenvalue weighted by Gasteiger charge is -2.28. The minimum Gasteiger partial charge on any atom is -0.466 e. The molecule has 0 aromatic heterocycles. The Kier molecular flexibility index (Phi) is 4.59. The molecule has 0 bridgehead atoms. The molecule has 7 nitrogen and oxygen atoms in total. The molecule has 0 amide bonds. The second-order valence-electron chi connectivity index (χ2n) is 5.08. The zero-order valence-electron chi connectivity index (χ0n) is 12.9. The largest absolute Gasteiger partial charge is 0.466 e. The Labute approximate surface area is 132 Å². The number of nitro benzene ring substituents is 1. The van der Waals surface area contributed by atoms with Crippen LogP contribution in [0.4, 0.5) is 5.69 Å². The number of rotatable bonds is 4. The van der Waals surface area contributed by atoms with E-state index < -0.39 is 16.8 Å². The highest BCUT2D eigenvalue weighted by atomic mass is 16.6. The minimum atomic E-state index is -0.763. The molecule has 1 aliphatic rings. The molecule has 23 heavy (non-hydrogen) atoms. The van der Waals surface area contributed by atoms with Gasteiger partial charge in [-0.25, -0.2) is 4.79 Å². The predicted molar refractivity (Wildman–Crippen MR) is 82.1 cm³/mol. The lowest BCUT2D eigenvalue weighted by Crippen LogP contribution is -2.29. The van der Waals surface area contributed by atoms with E-state index >= 15 is 0 Å². The van der Waals surface area contributed by atoms with Crippen molar-refractivity contribution >= 4 is 17.9 Å². The lowest BCUT2D eigenvalue weighted by atomic mass is 9.81. The van der Waals surface area contributed by atoms with Crippen molar-refractivity contribution in [3.63, 3.8) is 0 Å². The number of dihydropyridines is 1. The highest BCUT2D eigenvalue weighted by molar-refractivity contribution is 5.96. The Hall–Kier alpha value is -2.96. The number of hydrogen-bond donors (Lipinski definition) is 1. The van der Waals surface area contributed by atoms with Gasteiger partial charge in [0.2, 0.25) is 6.29 Å². The van der Waals surface area contributed by atoms with E-state index in [2.05, 4.69) is 5.32 Å². The molecule has 1 unspecified atom stereocenters. The summed E-state index contributed by atoms with van der Waals surface area (Å²) in [6, 6.07) is 5.83. The number of allylic oxidation sites excluding steroid dienone is 3. The quantitative estimate of drug-likeness (QED) is 0.519. The van der Waals surface area contributed by atoms with E-state index in [-0.39, 0.29) is 16.8 Å². The summed E-state index contributed by atoms with van der Waals surface area (Å²) in [4.78, 5) is 34.0. The first-order chi connectivity index (χ1) is 10.9. The maximum atomic E-state index is 12.1. The van der Waals surface area contributed by atoms with Crippen LogP contribution in [0.5, 0.6) is 0 Å². The van der Waals surface area contributed by atoms with E-state index in [4.69, 9.17) is 4.74 Å². The number of methoxy groups -OCH3 is 1. The molecule has 0 fully saturated rings. The SMILES string of the molecule is COC(=O)C1=C(C)NC(C)=C([C]=O)C1c1cccc([N+](=O)[O-])c1. The van der Waals surface area contributed by atoms with E-state index in [1.165, 1.54) is 25.3 Å². The average molecular weight is 315 g/mol. The van der Waals surface area contributed by atoms with Crippen molar-refractivity contribution in [2.75, 3.05) is 7.11 Å². The zero-order valence-corrected chi connectivity index (χ0v) is 12.9. The first-order valence-electron chi connectivity index (χ1n) is 6.80. The molecule has 0 aliphatic carbocycles. The van der Waals surface area contributed by atoms with E-state index in [1.54, 1.807) is 19.9 Å². The van der Waals surface area contributed by atoms with Crippen LogP contribution in [-0.4, -0.2) is 24.3 Å². The Morgan fingerprint density at radius 3 is 2.61 bits per heavy atom. The van der Waals surface area contributed by atoms with Crippen molar-refractivity contribution < 1.29 is 19.2 Å². The number of nitrogens with one attached hydrogen (secondary N) is 1. The number of nitrogens with zero attached hydrogens (tertiary/aromatic N) is 1. The summed E-state index contributed by atoms with van der Waals surface area (Å²) in [5.74, 6) is -1.37. The fourth-order valence-electron chi connectivity index (χ4n) is 2.66. The molecule has 0 saturated carbocycles. The van der Waals surface area contributed by atoms with Crippen molar-refractivity contribution in [2.24, 2.45) is 0 Å². The van der Waals surface area contributed by atoms with Gasteiger partial charge in [0.05, 0.1) is 17.6 Å². The molecule has 1 aromatic rings. The highest BCUT2D eigenvalue weighted by Gasteiger charge is 2.34. The van der Waals surface area contributed by atoms with Crippen LogP contribution in [-0.2, 0) is 14.3 Å². The van der Waals surface area contributed by atoms with Crippen molar-refractivity contribution in [1.82, 2.24) is 5.32 Å². The number of esters is 1. The predicted octanol–water partition coefficient (Wildman–Crippen LogP) is 2.11. The van der Waals surface area contributed by atoms with Gasteiger partial charge in [0.15, 0.2) is 0 Å². The molecule has 1 aliphatic heterocycles. The summed E-state index contributed by atoms with van der Waals surface area (Å²) in [5.41, 5.74) is 1.86. The third kappa shape index (κ3) is 2.98. The topological polar surface area (TPSA) is 98.5 Å². The van der Waals surface area contributed by atoms with Crippen LogP contribution in [0, 0.1) is 10.1 Å². The average Bonchev–Trinajstić information content (AvgIpc) is 2.53.